The topological polar surface area (TPSA) is 45.4 Å². The number of piperidine rings is 1. The quantitative estimate of drug-likeness (QED) is 0.897. The van der Waals surface area contributed by atoms with Gasteiger partial charge in [-0.1, -0.05) is 12.5 Å². The van der Waals surface area contributed by atoms with Gasteiger partial charge in [0.1, 0.15) is 5.82 Å². The van der Waals surface area contributed by atoms with Gasteiger partial charge >= 0.3 is 0 Å². The van der Waals surface area contributed by atoms with Crippen LogP contribution < -0.4 is 10.6 Å². The summed E-state index contributed by atoms with van der Waals surface area (Å²) in [7, 11) is 0. The van der Waals surface area contributed by atoms with Gasteiger partial charge < -0.3 is 10.6 Å². The number of aromatic nitrogens is 1. The van der Waals surface area contributed by atoms with Gasteiger partial charge in [0.15, 0.2) is 0 Å². The van der Waals surface area contributed by atoms with Gasteiger partial charge in [-0.2, -0.15) is 0 Å². The lowest BCUT2D eigenvalue weighted by Crippen LogP contribution is -2.41. The van der Waals surface area contributed by atoms with Crippen molar-refractivity contribution < 1.29 is 0 Å². The molecule has 0 amide bonds. The monoisotopic (exact) mass is 260 g/mol. The van der Waals surface area contributed by atoms with E-state index in [1.165, 1.54) is 44.3 Å². The highest BCUT2D eigenvalue weighted by Gasteiger charge is 2.29. The number of anilines is 1. The summed E-state index contributed by atoms with van der Waals surface area (Å²) in [6.07, 6.45) is 7.29. The fourth-order valence-corrected chi connectivity index (χ4v) is 3.39. The normalized spacial score (nSPS) is 24.9. The van der Waals surface area contributed by atoms with Gasteiger partial charge in [-0.15, -0.1) is 0 Å². The molecule has 2 saturated heterocycles. The largest absolute Gasteiger partial charge is 0.355 e. The average Bonchev–Trinajstić information content (AvgIpc) is 2.98. The van der Waals surface area contributed by atoms with Crippen molar-refractivity contribution in [1.29, 1.82) is 0 Å². The molecule has 1 unspecified atom stereocenters. The van der Waals surface area contributed by atoms with Crippen LogP contribution >= 0.6 is 0 Å². The zero-order chi connectivity index (χ0) is 13.1. The first-order chi connectivity index (χ1) is 9.38. The summed E-state index contributed by atoms with van der Waals surface area (Å²) >= 11 is 0. The Kier molecular flexibility index (Phi) is 3.99. The summed E-state index contributed by atoms with van der Waals surface area (Å²) in [6, 6.07) is 4.79. The second-order valence-corrected chi connectivity index (χ2v) is 5.68. The highest BCUT2D eigenvalue weighted by molar-refractivity contribution is 5.47. The number of nitrogens with two attached hydrogens (primary N) is 1. The van der Waals surface area contributed by atoms with Crippen molar-refractivity contribution in [3.63, 3.8) is 0 Å². The number of pyridine rings is 1. The van der Waals surface area contributed by atoms with Crippen LogP contribution in [0.3, 0.4) is 0 Å². The molecular weight excluding hydrogens is 236 g/mol. The molecule has 1 atom stereocenters. The van der Waals surface area contributed by atoms with Crippen molar-refractivity contribution in [2.75, 3.05) is 31.1 Å². The molecule has 2 aliphatic heterocycles. The summed E-state index contributed by atoms with van der Waals surface area (Å²) in [5, 5.41) is 0. The van der Waals surface area contributed by atoms with Crippen LogP contribution in [0.5, 0.6) is 0 Å². The van der Waals surface area contributed by atoms with Gasteiger partial charge in [-0.25, -0.2) is 4.98 Å². The van der Waals surface area contributed by atoms with Crippen LogP contribution in [0, 0.1) is 0 Å². The van der Waals surface area contributed by atoms with E-state index in [2.05, 4.69) is 20.9 Å². The van der Waals surface area contributed by atoms with E-state index in [-0.39, 0.29) is 0 Å². The van der Waals surface area contributed by atoms with E-state index in [4.69, 9.17) is 5.73 Å². The number of hydrogen-bond acceptors (Lipinski definition) is 4. The number of rotatable bonds is 3. The molecular formula is C15H24N4. The van der Waals surface area contributed by atoms with Crippen LogP contribution in [0.15, 0.2) is 18.3 Å². The Bertz CT molecular complexity index is 414. The Labute approximate surface area is 115 Å². The van der Waals surface area contributed by atoms with E-state index in [1.807, 2.05) is 12.3 Å². The van der Waals surface area contributed by atoms with Gasteiger partial charge in [-0.3, -0.25) is 4.90 Å². The van der Waals surface area contributed by atoms with Crippen LogP contribution in [0.4, 0.5) is 5.82 Å². The van der Waals surface area contributed by atoms with Gasteiger partial charge in [0.05, 0.1) is 0 Å². The molecule has 3 rings (SSSR count). The second kappa shape index (κ2) is 5.88. The maximum atomic E-state index is 5.82. The third kappa shape index (κ3) is 2.74. The molecule has 2 aliphatic rings. The standard InChI is InChI=1S/C15H24N4/c16-11-13-5-4-7-17-15(13)19-10-6-14(12-19)18-8-2-1-3-9-18/h4-5,7,14H,1-3,6,8-12,16H2. The van der Waals surface area contributed by atoms with Crippen molar-refractivity contribution in [2.24, 2.45) is 5.73 Å². The third-order valence-electron chi connectivity index (χ3n) is 4.46. The fourth-order valence-electron chi connectivity index (χ4n) is 3.39. The minimum Gasteiger partial charge on any atom is -0.355 e. The van der Waals surface area contributed by atoms with E-state index in [1.54, 1.807) is 0 Å². The predicted molar refractivity (Wildman–Crippen MR) is 78.2 cm³/mol. The Hall–Kier alpha value is -1.13. The second-order valence-electron chi connectivity index (χ2n) is 5.68. The molecule has 0 saturated carbocycles. The zero-order valence-corrected chi connectivity index (χ0v) is 11.6. The zero-order valence-electron chi connectivity index (χ0n) is 11.6. The molecule has 0 aliphatic carbocycles. The van der Waals surface area contributed by atoms with Crippen molar-refractivity contribution in [3.8, 4) is 0 Å². The van der Waals surface area contributed by atoms with Crippen molar-refractivity contribution in [2.45, 2.75) is 38.3 Å². The lowest BCUT2D eigenvalue weighted by atomic mass is 10.1. The van der Waals surface area contributed by atoms with Crippen LogP contribution in [-0.4, -0.2) is 42.1 Å². The molecule has 3 heterocycles. The fraction of sp³-hybridized carbons (Fsp3) is 0.667. The Morgan fingerprint density at radius 1 is 1.21 bits per heavy atom. The molecule has 19 heavy (non-hydrogen) atoms. The van der Waals surface area contributed by atoms with Gasteiger partial charge in [0.2, 0.25) is 0 Å². The van der Waals surface area contributed by atoms with Gasteiger partial charge in [0, 0.05) is 37.4 Å². The highest BCUT2D eigenvalue weighted by atomic mass is 15.3. The van der Waals surface area contributed by atoms with E-state index in [9.17, 15) is 0 Å². The smallest absolute Gasteiger partial charge is 0.133 e. The van der Waals surface area contributed by atoms with E-state index in [0.717, 1.165) is 18.9 Å². The number of likely N-dealkylation sites (tertiary alicyclic amines) is 1. The molecule has 1 aromatic rings. The summed E-state index contributed by atoms with van der Waals surface area (Å²) < 4.78 is 0. The Morgan fingerprint density at radius 3 is 2.84 bits per heavy atom. The predicted octanol–water partition coefficient (Wildman–Crippen LogP) is 1.60. The van der Waals surface area contributed by atoms with E-state index >= 15 is 0 Å². The summed E-state index contributed by atoms with van der Waals surface area (Å²) in [5.41, 5.74) is 6.99. The third-order valence-corrected chi connectivity index (χ3v) is 4.46. The van der Waals surface area contributed by atoms with Gasteiger partial charge in [-0.05, 0) is 38.4 Å². The molecule has 0 aromatic carbocycles. The van der Waals surface area contributed by atoms with E-state index < -0.39 is 0 Å². The van der Waals surface area contributed by atoms with Crippen molar-refractivity contribution in [1.82, 2.24) is 9.88 Å². The molecule has 0 spiro atoms. The first-order valence-electron chi connectivity index (χ1n) is 7.51. The van der Waals surface area contributed by atoms with Crippen molar-refractivity contribution >= 4 is 5.82 Å². The number of hydrogen-bond donors (Lipinski definition) is 1. The SMILES string of the molecule is NCc1cccnc1N1CCC(N2CCCCC2)C1. The Balaban J connectivity index is 1.67. The molecule has 2 fully saturated rings. The molecule has 1 aromatic heterocycles. The Morgan fingerprint density at radius 2 is 2.05 bits per heavy atom. The average molecular weight is 260 g/mol. The summed E-state index contributed by atoms with van der Waals surface area (Å²) in [4.78, 5) is 9.63. The molecule has 4 heteroatoms. The first-order valence-corrected chi connectivity index (χ1v) is 7.51. The lowest BCUT2D eigenvalue weighted by molar-refractivity contribution is 0.175. The van der Waals surface area contributed by atoms with E-state index in [0.29, 0.717) is 12.6 Å². The molecule has 0 radical (unpaired) electrons. The minimum absolute atomic E-state index is 0.577. The van der Waals surface area contributed by atoms with Crippen LogP contribution in [-0.2, 0) is 6.54 Å². The lowest BCUT2D eigenvalue weighted by Gasteiger charge is -2.32. The first kappa shape index (κ1) is 12.9. The highest BCUT2D eigenvalue weighted by Crippen LogP contribution is 2.25. The van der Waals surface area contributed by atoms with Crippen molar-refractivity contribution in [3.05, 3.63) is 23.9 Å². The molecule has 104 valence electrons. The van der Waals surface area contributed by atoms with Gasteiger partial charge in [0.25, 0.3) is 0 Å². The maximum Gasteiger partial charge on any atom is 0.133 e. The molecule has 2 N–H and O–H groups in total. The maximum absolute atomic E-state index is 5.82. The summed E-state index contributed by atoms with van der Waals surface area (Å²) in [5.74, 6) is 1.10. The minimum atomic E-state index is 0.577. The van der Waals surface area contributed by atoms with Crippen LogP contribution in [0.2, 0.25) is 0 Å². The summed E-state index contributed by atoms with van der Waals surface area (Å²) in [6.45, 7) is 5.37. The van der Waals surface area contributed by atoms with Crippen LogP contribution in [0.1, 0.15) is 31.2 Å². The molecule has 4 nitrogen and oxygen atoms in total. The number of nitrogens with zero attached hydrogens (tertiary/aromatic N) is 3. The van der Waals surface area contributed by atoms with Crippen LogP contribution in [0.25, 0.3) is 0 Å². The molecule has 0 bridgehead atoms.